The number of aromatic nitrogens is 2. The Morgan fingerprint density at radius 1 is 1.50 bits per heavy atom. The van der Waals surface area contributed by atoms with Crippen LogP contribution in [0, 0.1) is 0 Å². The van der Waals surface area contributed by atoms with Gasteiger partial charge >= 0.3 is 6.03 Å². The van der Waals surface area contributed by atoms with Crippen molar-refractivity contribution in [2.75, 3.05) is 13.1 Å². The number of primary amides is 1. The number of nitrogens with zero attached hydrogens (tertiary/aromatic N) is 3. The van der Waals surface area contributed by atoms with Crippen LogP contribution < -0.4 is 11.1 Å². The molecule has 2 aromatic rings. The van der Waals surface area contributed by atoms with Crippen molar-refractivity contribution in [2.45, 2.75) is 31.3 Å². The zero-order chi connectivity index (χ0) is 16.9. The van der Waals surface area contributed by atoms with E-state index in [1.54, 1.807) is 12.5 Å². The van der Waals surface area contributed by atoms with Crippen LogP contribution in [0.1, 0.15) is 36.2 Å². The minimum Gasteiger partial charge on any atom is -0.352 e. The number of piperidine rings is 1. The molecule has 0 radical (unpaired) electrons. The summed E-state index contributed by atoms with van der Waals surface area (Å²) in [4.78, 5) is 30.9. The van der Waals surface area contributed by atoms with Crippen molar-refractivity contribution in [1.29, 1.82) is 0 Å². The van der Waals surface area contributed by atoms with E-state index in [0.717, 1.165) is 24.3 Å². The molecule has 8 heteroatoms. The molecule has 0 bridgehead atoms. The third-order valence-electron chi connectivity index (χ3n) is 4.28. The topological polar surface area (TPSA) is 93.2 Å². The zero-order valence-electron chi connectivity index (χ0n) is 13.3. The average Bonchev–Trinajstić information content (AvgIpc) is 3.27. The standard InChI is InChI=1S/C16H21N5O2S/c17-16(23)19-13(14-4-2-8-24-14)9-15(22)20-6-1-3-12(10-20)21-7-5-18-11-21/h2,4-5,7-8,11-13H,1,3,6,9-10H2,(H3,17,19,23)/t12-,13-/m1/s1. The van der Waals surface area contributed by atoms with Crippen molar-refractivity contribution in [3.05, 3.63) is 41.1 Å². The van der Waals surface area contributed by atoms with Crippen LogP contribution in [0.5, 0.6) is 0 Å². The van der Waals surface area contributed by atoms with Gasteiger partial charge in [0.2, 0.25) is 5.91 Å². The molecule has 2 atom stereocenters. The number of likely N-dealkylation sites (tertiary alicyclic amines) is 1. The van der Waals surface area contributed by atoms with Gasteiger partial charge in [0.05, 0.1) is 24.8 Å². The lowest BCUT2D eigenvalue weighted by Gasteiger charge is -2.34. The van der Waals surface area contributed by atoms with Crippen LogP contribution in [-0.2, 0) is 4.79 Å². The molecule has 1 aliphatic heterocycles. The van der Waals surface area contributed by atoms with E-state index < -0.39 is 6.03 Å². The maximum Gasteiger partial charge on any atom is 0.312 e. The van der Waals surface area contributed by atoms with E-state index in [1.807, 2.05) is 28.6 Å². The highest BCUT2D eigenvalue weighted by Crippen LogP contribution is 2.26. The Kier molecular flexibility index (Phi) is 5.14. The molecule has 1 saturated heterocycles. The number of nitrogens with one attached hydrogen (secondary N) is 1. The monoisotopic (exact) mass is 347 g/mol. The van der Waals surface area contributed by atoms with E-state index in [-0.39, 0.29) is 24.4 Å². The molecular formula is C16H21N5O2S. The lowest BCUT2D eigenvalue weighted by molar-refractivity contribution is -0.133. The second-order valence-corrected chi connectivity index (χ2v) is 6.91. The second kappa shape index (κ2) is 7.48. The van der Waals surface area contributed by atoms with Gasteiger partial charge in [-0.25, -0.2) is 9.78 Å². The predicted molar refractivity (Wildman–Crippen MR) is 91.5 cm³/mol. The van der Waals surface area contributed by atoms with Gasteiger partial charge in [0, 0.05) is 30.4 Å². The lowest BCUT2D eigenvalue weighted by Crippen LogP contribution is -2.43. The third-order valence-corrected chi connectivity index (χ3v) is 5.26. The number of carbonyl (C=O) groups is 2. The number of urea groups is 1. The number of rotatable bonds is 5. The van der Waals surface area contributed by atoms with Crippen molar-refractivity contribution in [3.8, 4) is 0 Å². The normalized spacial score (nSPS) is 19.0. The summed E-state index contributed by atoms with van der Waals surface area (Å²) in [5.74, 6) is 0.0342. The van der Waals surface area contributed by atoms with Crippen LogP contribution >= 0.6 is 11.3 Å². The molecule has 0 spiro atoms. The SMILES string of the molecule is NC(=O)N[C@H](CC(=O)N1CCC[C@@H](n2ccnc2)C1)c1cccs1. The third kappa shape index (κ3) is 3.94. The smallest absolute Gasteiger partial charge is 0.312 e. The van der Waals surface area contributed by atoms with E-state index in [0.29, 0.717) is 6.54 Å². The summed E-state index contributed by atoms with van der Waals surface area (Å²) < 4.78 is 2.05. The van der Waals surface area contributed by atoms with Crippen molar-refractivity contribution >= 4 is 23.3 Å². The molecule has 0 aromatic carbocycles. The van der Waals surface area contributed by atoms with E-state index in [1.165, 1.54) is 11.3 Å². The van der Waals surface area contributed by atoms with Crippen LogP contribution in [0.15, 0.2) is 36.2 Å². The number of carbonyl (C=O) groups excluding carboxylic acids is 2. The van der Waals surface area contributed by atoms with Crippen molar-refractivity contribution < 1.29 is 9.59 Å². The van der Waals surface area contributed by atoms with Gasteiger partial charge in [-0.1, -0.05) is 6.07 Å². The highest BCUT2D eigenvalue weighted by atomic mass is 32.1. The summed E-state index contributed by atoms with van der Waals surface area (Å²) in [5, 5.41) is 4.60. The first-order valence-corrected chi connectivity index (χ1v) is 8.86. The summed E-state index contributed by atoms with van der Waals surface area (Å²) in [7, 11) is 0. The van der Waals surface area contributed by atoms with E-state index in [9.17, 15) is 9.59 Å². The Bertz CT molecular complexity index is 671. The first-order chi connectivity index (χ1) is 11.6. The number of nitrogens with two attached hydrogens (primary N) is 1. The maximum absolute atomic E-state index is 12.7. The number of thiophene rings is 1. The lowest BCUT2D eigenvalue weighted by atomic mass is 10.0. The molecule has 0 saturated carbocycles. The molecule has 128 valence electrons. The molecule has 2 aromatic heterocycles. The van der Waals surface area contributed by atoms with E-state index in [2.05, 4.69) is 14.9 Å². The van der Waals surface area contributed by atoms with Crippen LogP contribution in [-0.4, -0.2) is 39.5 Å². The molecule has 1 fully saturated rings. The molecule has 3 N–H and O–H groups in total. The van der Waals surface area contributed by atoms with Gasteiger partial charge in [0.15, 0.2) is 0 Å². The van der Waals surface area contributed by atoms with Gasteiger partial charge < -0.3 is 20.5 Å². The van der Waals surface area contributed by atoms with E-state index in [4.69, 9.17) is 5.73 Å². The number of hydrogen-bond donors (Lipinski definition) is 2. The van der Waals surface area contributed by atoms with Crippen LogP contribution in [0.3, 0.4) is 0 Å². The summed E-state index contributed by atoms with van der Waals surface area (Å²) in [6, 6.07) is 3.08. The molecule has 0 aliphatic carbocycles. The van der Waals surface area contributed by atoms with Crippen LogP contribution in [0.25, 0.3) is 0 Å². The Hall–Kier alpha value is -2.35. The van der Waals surface area contributed by atoms with Crippen molar-refractivity contribution in [2.24, 2.45) is 5.73 Å². The minimum atomic E-state index is -0.615. The first kappa shape index (κ1) is 16.5. The Morgan fingerprint density at radius 3 is 3.04 bits per heavy atom. The summed E-state index contributed by atoms with van der Waals surface area (Å²) in [5.41, 5.74) is 5.26. The number of amides is 3. The highest BCUT2D eigenvalue weighted by Gasteiger charge is 2.27. The molecule has 0 unspecified atom stereocenters. The number of imidazole rings is 1. The molecule has 1 aliphatic rings. The molecule has 3 amide bonds. The van der Waals surface area contributed by atoms with Gasteiger partial charge in [-0.05, 0) is 24.3 Å². The Labute approximate surface area is 144 Å². The van der Waals surface area contributed by atoms with Gasteiger partial charge in [-0.15, -0.1) is 11.3 Å². The van der Waals surface area contributed by atoms with Crippen LogP contribution in [0.4, 0.5) is 4.79 Å². The quantitative estimate of drug-likeness (QED) is 0.865. The van der Waals surface area contributed by atoms with E-state index >= 15 is 0 Å². The summed E-state index contributed by atoms with van der Waals surface area (Å²) in [6.45, 7) is 1.42. The predicted octanol–water partition coefficient (Wildman–Crippen LogP) is 1.91. The van der Waals surface area contributed by atoms with Crippen LogP contribution in [0.2, 0.25) is 0 Å². The van der Waals surface area contributed by atoms with Gasteiger partial charge in [0.1, 0.15) is 0 Å². The molecule has 3 rings (SSSR count). The maximum atomic E-state index is 12.7. The fourth-order valence-corrected chi connectivity index (χ4v) is 3.88. The van der Waals surface area contributed by atoms with Crippen molar-refractivity contribution in [1.82, 2.24) is 19.8 Å². The molecule has 24 heavy (non-hydrogen) atoms. The zero-order valence-corrected chi connectivity index (χ0v) is 14.1. The Balaban J connectivity index is 1.65. The highest BCUT2D eigenvalue weighted by molar-refractivity contribution is 7.10. The minimum absolute atomic E-state index is 0.0342. The summed E-state index contributed by atoms with van der Waals surface area (Å²) >= 11 is 1.51. The fourth-order valence-electron chi connectivity index (χ4n) is 3.10. The molecule has 3 heterocycles. The number of hydrogen-bond acceptors (Lipinski definition) is 4. The largest absolute Gasteiger partial charge is 0.352 e. The average molecular weight is 347 g/mol. The van der Waals surface area contributed by atoms with Gasteiger partial charge in [0.25, 0.3) is 0 Å². The van der Waals surface area contributed by atoms with Gasteiger partial charge in [-0.2, -0.15) is 0 Å². The molecular weight excluding hydrogens is 326 g/mol. The second-order valence-electron chi connectivity index (χ2n) is 5.93. The fraction of sp³-hybridized carbons (Fsp3) is 0.438. The Morgan fingerprint density at radius 2 is 2.38 bits per heavy atom. The van der Waals surface area contributed by atoms with Crippen molar-refractivity contribution in [3.63, 3.8) is 0 Å². The van der Waals surface area contributed by atoms with Gasteiger partial charge in [-0.3, -0.25) is 4.79 Å². The molecule has 7 nitrogen and oxygen atoms in total. The first-order valence-electron chi connectivity index (χ1n) is 7.98. The summed E-state index contributed by atoms with van der Waals surface area (Å²) in [6.07, 6.45) is 7.70.